The Morgan fingerprint density at radius 2 is 1.74 bits per heavy atom. The highest BCUT2D eigenvalue weighted by atomic mass is 19.4. The Morgan fingerprint density at radius 3 is 2.35 bits per heavy atom. The quantitative estimate of drug-likeness (QED) is 0.798. The third-order valence-corrected chi connectivity index (χ3v) is 6.14. The molecule has 1 saturated carbocycles. The number of nitrogens with one attached hydrogen (secondary N) is 1. The first-order valence-electron chi connectivity index (χ1n) is 10.0. The molecule has 0 bridgehead atoms. The van der Waals surface area contributed by atoms with E-state index in [0.717, 1.165) is 0 Å². The Hall–Kier alpha value is -2.91. The minimum absolute atomic E-state index is 0.153. The van der Waals surface area contributed by atoms with Crippen LogP contribution in [-0.2, 0) is 17.3 Å². The van der Waals surface area contributed by atoms with Crippen LogP contribution in [0.2, 0.25) is 0 Å². The van der Waals surface area contributed by atoms with Crippen molar-refractivity contribution in [1.82, 2.24) is 20.2 Å². The van der Waals surface area contributed by atoms with Crippen molar-refractivity contribution in [3.05, 3.63) is 47.5 Å². The summed E-state index contributed by atoms with van der Waals surface area (Å²) in [6.07, 6.45) is -4.42. The number of hydrogen-bond acceptors (Lipinski definition) is 5. The van der Waals surface area contributed by atoms with Gasteiger partial charge in [0.2, 0.25) is 5.90 Å². The van der Waals surface area contributed by atoms with Crippen molar-refractivity contribution in [3.8, 4) is 0 Å². The molecular weight excluding hydrogens is 411 g/mol. The van der Waals surface area contributed by atoms with Crippen molar-refractivity contribution < 1.29 is 22.7 Å². The van der Waals surface area contributed by atoms with Gasteiger partial charge in [-0.25, -0.2) is 0 Å². The summed E-state index contributed by atoms with van der Waals surface area (Å²) in [4.78, 5) is 12.7. The molecule has 1 aliphatic heterocycles. The monoisotopic (exact) mass is 435 g/mol. The molecule has 1 N–H and O–H groups in total. The molecule has 1 amide bonds. The van der Waals surface area contributed by atoms with Gasteiger partial charge in [-0.3, -0.25) is 4.79 Å². The van der Waals surface area contributed by atoms with E-state index in [9.17, 15) is 18.0 Å². The van der Waals surface area contributed by atoms with Crippen LogP contribution in [-0.4, -0.2) is 38.8 Å². The molecule has 10 heteroatoms. The molecule has 7 nitrogen and oxygen atoms in total. The average molecular weight is 435 g/mol. The molecule has 2 aromatic rings. The summed E-state index contributed by atoms with van der Waals surface area (Å²) in [6, 6.07) is 8.73. The maximum Gasteiger partial charge on any atom is 0.453 e. The molecular formula is C21H24F3N5O2. The van der Waals surface area contributed by atoms with Crippen LogP contribution in [0.15, 0.2) is 35.4 Å². The van der Waals surface area contributed by atoms with Gasteiger partial charge in [0.05, 0.1) is 0 Å². The van der Waals surface area contributed by atoms with Crippen LogP contribution >= 0.6 is 0 Å². The molecule has 4 rings (SSSR count). The van der Waals surface area contributed by atoms with E-state index in [4.69, 9.17) is 4.74 Å². The number of fused-ring (bicyclic) bond motifs is 1. The van der Waals surface area contributed by atoms with Crippen LogP contribution in [0.4, 0.5) is 13.2 Å². The summed E-state index contributed by atoms with van der Waals surface area (Å²) < 4.78 is 46.3. The van der Waals surface area contributed by atoms with E-state index in [1.165, 1.54) is 0 Å². The molecule has 166 valence electrons. The second-order valence-corrected chi connectivity index (χ2v) is 9.16. The Kier molecular flexibility index (Phi) is 4.86. The van der Waals surface area contributed by atoms with E-state index in [2.05, 4.69) is 20.6 Å². The van der Waals surface area contributed by atoms with Crippen LogP contribution in [0, 0.1) is 10.8 Å². The predicted octanol–water partition coefficient (Wildman–Crippen LogP) is 3.65. The summed E-state index contributed by atoms with van der Waals surface area (Å²) in [6.45, 7) is 7.86. The molecule has 2 heterocycles. The number of benzene rings is 1. The predicted molar refractivity (Wildman–Crippen MR) is 106 cm³/mol. The Bertz CT molecular complexity index is 1010. The lowest BCUT2D eigenvalue weighted by atomic mass is 9.49. The normalized spacial score (nSPS) is 23.9. The molecule has 1 fully saturated rings. The van der Waals surface area contributed by atoms with Gasteiger partial charge in [0, 0.05) is 35.3 Å². The van der Waals surface area contributed by atoms with Crippen LogP contribution in [0.5, 0.6) is 0 Å². The summed E-state index contributed by atoms with van der Waals surface area (Å²) in [7, 11) is 0. The van der Waals surface area contributed by atoms with Gasteiger partial charge in [-0.15, -0.1) is 15.3 Å². The van der Waals surface area contributed by atoms with Gasteiger partial charge in [0.25, 0.3) is 11.7 Å². The van der Waals surface area contributed by atoms with Gasteiger partial charge in [0.1, 0.15) is 6.10 Å². The zero-order chi connectivity index (χ0) is 22.6. The van der Waals surface area contributed by atoms with Gasteiger partial charge < -0.3 is 10.1 Å². The van der Waals surface area contributed by atoms with Crippen molar-refractivity contribution >= 4 is 11.8 Å². The van der Waals surface area contributed by atoms with E-state index in [1.807, 2.05) is 33.8 Å². The number of nitrogens with zero attached hydrogens (tertiary/aromatic N) is 4. The Labute approximate surface area is 177 Å². The van der Waals surface area contributed by atoms with Crippen molar-refractivity contribution in [1.29, 1.82) is 0 Å². The first kappa shape index (κ1) is 21.3. The highest BCUT2D eigenvalue weighted by Crippen LogP contribution is 2.56. The lowest BCUT2D eigenvalue weighted by Gasteiger charge is -2.63. The van der Waals surface area contributed by atoms with E-state index in [1.54, 1.807) is 24.3 Å². The van der Waals surface area contributed by atoms with Gasteiger partial charge >= 0.3 is 6.18 Å². The minimum atomic E-state index is -4.65. The van der Waals surface area contributed by atoms with Crippen molar-refractivity contribution in [2.24, 2.45) is 15.9 Å². The van der Waals surface area contributed by atoms with Gasteiger partial charge in [-0.2, -0.15) is 17.8 Å². The third kappa shape index (κ3) is 3.57. The third-order valence-electron chi connectivity index (χ3n) is 6.14. The zero-order valence-electron chi connectivity index (χ0n) is 17.7. The molecule has 0 spiro atoms. The van der Waals surface area contributed by atoms with E-state index in [0.29, 0.717) is 16.7 Å². The first-order valence-corrected chi connectivity index (χ1v) is 10.0. The number of carbonyl (C=O) groups excluding carboxylic acids is 1. The number of ether oxygens (including phenoxy) is 1. The number of alkyl halides is 3. The largest absolute Gasteiger partial charge is 0.475 e. The molecule has 1 aromatic heterocycles. The highest BCUT2D eigenvalue weighted by Gasteiger charge is 2.64. The van der Waals surface area contributed by atoms with Gasteiger partial charge in [0.15, 0.2) is 5.82 Å². The molecule has 31 heavy (non-hydrogen) atoms. The fourth-order valence-corrected chi connectivity index (χ4v) is 4.95. The number of carbonyl (C=O) groups is 1. The molecule has 0 unspecified atom stereocenters. The maximum atomic E-state index is 13.2. The zero-order valence-corrected chi connectivity index (χ0v) is 17.7. The number of aromatic nitrogens is 3. The number of amides is 1. The first-order chi connectivity index (χ1) is 14.4. The minimum Gasteiger partial charge on any atom is -0.475 e. The average Bonchev–Trinajstić information content (AvgIpc) is 3.14. The summed E-state index contributed by atoms with van der Waals surface area (Å²) in [5.74, 6) is -0.982. The number of rotatable bonds is 3. The van der Waals surface area contributed by atoms with Crippen LogP contribution in [0.1, 0.15) is 56.1 Å². The SMILES string of the molecule is CC1(C)C(NC(=O)c2ccccc2)C(C)(C)C1OC1=Nn2c(nnc2C(F)(F)F)CC1. The molecule has 0 atom stereocenters. The molecule has 2 aliphatic rings. The maximum absolute atomic E-state index is 13.2. The van der Waals surface area contributed by atoms with E-state index < -0.39 is 22.8 Å². The Morgan fingerprint density at radius 1 is 1.10 bits per heavy atom. The molecule has 1 aliphatic carbocycles. The number of aryl methyl sites for hydroxylation is 1. The summed E-state index contributed by atoms with van der Waals surface area (Å²) in [5.41, 5.74) is -0.358. The lowest BCUT2D eigenvalue weighted by molar-refractivity contribution is -0.172. The highest BCUT2D eigenvalue weighted by molar-refractivity contribution is 5.94. The van der Waals surface area contributed by atoms with Crippen molar-refractivity contribution in [3.63, 3.8) is 0 Å². The smallest absolute Gasteiger partial charge is 0.453 e. The second-order valence-electron chi connectivity index (χ2n) is 9.16. The van der Waals surface area contributed by atoms with E-state index in [-0.39, 0.29) is 36.2 Å². The van der Waals surface area contributed by atoms with Gasteiger partial charge in [-0.05, 0) is 12.1 Å². The van der Waals surface area contributed by atoms with E-state index >= 15 is 0 Å². The Balaban J connectivity index is 1.52. The molecule has 0 radical (unpaired) electrons. The van der Waals surface area contributed by atoms with Crippen LogP contribution in [0.3, 0.4) is 0 Å². The van der Waals surface area contributed by atoms with Crippen LogP contribution in [0.25, 0.3) is 0 Å². The van der Waals surface area contributed by atoms with Crippen LogP contribution < -0.4 is 5.32 Å². The number of halogens is 3. The fourth-order valence-electron chi connectivity index (χ4n) is 4.95. The fraction of sp³-hybridized carbons (Fsp3) is 0.524. The second kappa shape index (κ2) is 7.06. The van der Waals surface area contributed by atoms with Crippen molar-refractivity contribution in [2.75, 3.05) is 0 Å². The van der Waals surface area contributed by atoms with Gasteiger partial charge in [-0.1, -0.05) is 45.9 Å². The molecule has 1 aromatic carbocycles. The number of hydrogen-bond donors (Lipinski definition) is 1. The summed E-state index contributed by atoms with van der Waals surface area (Å²) in [5, 5.41) is 13.9. The van der Waals surface area contributed by atoms with Crippen molar-refractivity contribution in [2.45, 2.75) is 58.9 Å². The topological polar surface area (TPSA) is 81.4 Å². The standard InChI is InChI=1S/C21H24F3N5O2/c1-19(2)16(25-15(30)12-8-6-5-7-9-12)20(3,4)17(19)31-14-11-10-13-26-27-18(21(22,23)24)29(13)28-14/h5-9,16-17H,10-11H2,1-4H3,(H,25,30). The summed E-state index contributed by atoms with van der Waals surface area (Å²) >= 11 is 0. The molecule has 0 saturated heterocycles. The lowest BCUT2D eigenvalue weighted by Crippen LogP contribution is -2.74.